The zero-order valence-electron chi connectivity index (χ0n) is 11.3. The summed E-state index contributed by atoms with van der Waals surface area (Å²) in [6.45, 7) is 0. The van der Waals surface area contributed by atoms with E-state index in [1.165, 1.54) is 23.3 Å². The minimum Gasteiger partial charge on any atom is -0.289 e. The third-order valence-corrected chi connectivity index (χ3v) is 3.09. The maximum atomic E-state index is 12.2. The van der Waals surface area contributed by atoms with E-state index in [2.05, 4.69) is 10.4 Å². The van der Waals surface area contributed by atoms with Crippen molar-refractivity contribution in [2.75, 3.05) is 5.12 Å². The second-order valence-electron chi connectivity index (χ2n) is 4.53. The number of allylic oxidation sites excluding steroid dienone is 1. The van der Waals surface area contributed by atoms with Gasteiger partial charge in [0.2, 0.25) is 0 Å². The number of hydrogen-bond acceptors (Lipinski definition) is 6. The molecule has 0 unspecified atom stereocenters. The molecule has 0 atom stereocenters. The summed E-state index contributed by atoms with van der Waals surface area (Å²) in [6, 6.07) is 13.0. The largest absolute Gasteiger partial charge is 0.289 e. The fourth-order valence-corrected chi connectivity index (χ4v) is 1.94. The summed E-state index contributed by atoms with van der Waals surface area (Å²) in [5.41, 5.74) is 1.84. The predicted molar refractivity (Wildman–Crippen MR) is 80.2 cm³/mol. The van der Waals surface area contributed by atoms with Gasteiger partial charge in [-0.15, -0.1) is 5.12 Å². The van der Waals surface area contributed by atoms with Gasteiger partial charge in [-0.3, -0.25) is 14.9 Å². The summed E-state index contributed by atoms with van der Waals surface area (Å²) in [4.78, 5) is 22.4. The van der Waals surface area contributed by atoms with E-state index in [4.69, 9.17) is 0 Å². The number of hydrogen-bond donors (Lipinski definition) is 0. The van der Waals surface area contributed by atoms with Crippen molar-refractivity contribution in [3.8, 4) is 0 Å². The second kappa shape index (κ2) is 5.57. The van der Waals surface area contributed by atoms with Gasteiger partial charge in [-0.1, -0.05) is 18.2 Å². The van der Waals surface area contributed by atoms with Gasteiger partial charge < -0.3 is 0 Å². The lowest BCUT2D eigenvalue weighted by molar-refractivity contribution is -0.384. The SMILES string of the molecule is O=C(/C=C/c1ccc([N+](=O)[O-])cc1)c1ccccc1N1N=N1. The lowest BCUT2D eigenvalue weighted by atomic mass is 10.1. The third kappa shape index (κ3) is 2.88. The first kappa shape index (κ1) is 13.6. The van der Waals surface area contributed by atoms with Crippen molar-refractivity contribution < 1.29 is 9.72 Å². The van der Waals surface area contributed by atoms with Crippen LogP contribution in [0.1, 0.15) is 15.9 Å². The number of nitro benzene ring substituents is 1. The molecule has 7 nitrogen and oxygen atoms in total. The van der Waals surface area contributed by atoms with E-state index >= 15 is 0 Å². The number of nitrogens with zero attached hydrogens (tertiary/aromatic N) is 4. The Hall–Kier alpha value is -3.35. The molecule has 1 aliphatic heterocycles. The Balaban J connectivity index is 1.77. The Bertz CT molecular complexity index is 791. The van der Waals surface area contributed by atoms with Gasteiger partial charge in [0.05, 0.1) is 4.92 Å². The van der Waals surface area contributed by atoms with Crippen molar-refractivity contribution in [3.05, 3.63) is 75.8 Å². The first-order valence-electron chi connectivity index (χ1n) is 6.43. The highest BCUT2D eigenvalue weighted by atomic mass is 16.6. The number of ketones is 1. The molecule has 0 N–H and O–H groups in total. The highest BCUT2D eigenvalue weighted by molar-refractivity contribution is 6.10. The number of anilines is 1. The molecule has 0 saturated carbocycles. The minimum absolute atomic E-state index is 0.0126. The van der Waals surface area contributed by atoms with Crippen molar-refractivity contribution in [2.24, 2.45) is 10.4 Å². The van der Waals surface area contributed by atoms with Gasteiger partial charge in [-0.25, -0.2) is 0 Å². The number of nitro groups is 1. The van der Waals surface area contributed by atoms with Crippen LogP contribution >= 0.6 is 0 Å². The van der Waals surface area contributed by atoms with Crippen molar-refractivity contribution in [3.63, 3.8) is 0 Å². The summed E-state index contributed by atoms with van der Waals surface area (Å²) in [5, 5.41) is 19.3. The van der Waals surface area contributed by atoms with Crippen molar-refractivity contribution >= 4 is 23.2 Å². The predicted octanol–water partition coefficient (Wildman–Crippen LogP) is 3.59. The normalized spacial score (nSPS) is 12.6. The summed E-state index contributed by atoms with van der Waals surface area (Å²) in [6.07, 6.45) is 3.03. The van der Waals surface area contributed by atoms with Crippen molar-refractivity contribution in [1.82, 2.24) is 0 Å². The first-order valence-corrected chi connectivity index (χ1v) is 6.43. The number of benzene rings is 2. The maximum Gasteiger partial charge on any atom is 0.269 e. The molecule has 0 fully saturated rings. The first-order chi connectivity index (χ1) is 10.6. The fourth-order valence-electron chi connectivity index (χ4n) is 1.94. The van der Waals surface area contributed by atoms with Crippen LogP contribution in [-0.2, 0) is 0 Å². The summed E-state index contributed by atoms with van der Waals surface area (Å²) in [7, 11) is 0. The number of non-ortho nitro benzene ring substituents is 1. The molecule has 2 aromatic carbocycles. The van der Waals surface area contributed by atoms with Crippen LogP contribution in [0.5, 0.6) is 0 Å². The van der Waals surface area contributed by atoms with Gasteiger partial charge in [0.1, 0.15) is 5.69 Å². The molecule has 0 radical (unpaired) electrons. The summed E-state index contributed by atoms with van der Waals surface area (Å²) < 4.78 is 0. The molecule has 0 bridgehead atoms. The zero-order valence-corrected chi connectivity index (χ0v) is 11.3. The molecule has 7 heteroatoms. The molecule has 0 amide bonds. The van der Waals surface area contributed by atoms with Crippen LogP contribution in [0.25, 0.3) is 6.08 Å². The minimum atomic E-state index is -0.466. The van der Waals surface area contributed by atoms with E-state index in [1.54, 1.807) is 42.5 Å². The van der Waals surface area contributed by atoms with Crippen molar-refractivity contribution in [2.45, 2.75) is 0 Å². The molecule has 1 heterocycles. The van der Waals surface area contributed by atoms with Crippen LogP contribution in [0.2, 0.25) is 0 Å². The number of rotatable bonds is 5. The van der Waals surface area contributed by atoms with Gasteiger partial charge in [0.25, 0.3) is 5.69 Å². The quantitative estimate of drug-likeness (QED) is 0.365. The Morgan fingerprint density at radius 3 is 2.41 bits per heavy atom. The van der Waals surface area contributed by atoms with E-state index in [1.807, 2.05) is 0 Å². The van der Waals surface area contributed by atoms with E-state index < -0.39 is 4.92 Å². The smallest absolute Gasteiger partial charge is 0.269 e. The zero-order chi connectivity index (χ0) is 15.5. The van der Waals surface area contributed by atoms with E-state index in [9.17, 15) is 14.9 Å². The second-order valence-corrected chi connectivity index (χ2v) is 4.53. The topological polar surface area (TPSA) is 87.9 Å². The summed E-state index contributed by atoms with van der Waals surface area (Å²) in [5.74, 6) is -0.189. The molecule has 0 aliphatic carbocycles. The van der Waals surface area contributed by atoms with Crippen LogP contribution in [0.4, 0.5) is 11.4 Å². The maximum absolute atomic E-state index is 12.2. The third-order valence-electron chi connectivity index (χ3n) is 3.09. The Morgan fingerprint density at radius 2 is 1.77 bits per heavy atom. The average Bonchev–Trinajstić information content (AvgIpc) is 3.38. The van der Waals surface area contributed by atoms with Crippen LogP contribution in [0, 0.1) is 10.1 Å². The van der Waals surface area contributed by atoms with Crippen LogP contribution in [0.15, 0.2) is 65.1 Å². The molecule has 1 aliphatic rings. The standard InChI is InChI=1S/C15H10N4O3/c20-15(13-3-1-2-4-14(13)18-16-17-18)10-7-11-5-8-12(9-6-11)19(21)22/h1-10H/b10-7+. The molecular formula is C15H10N4O3. The van der Waals surface area contributed by atoms with Gasteiger partial charge in [0, 0.05) is 17.7 Å². The number of carbonyl (C=O) groups is 1. The monoisotopic (exact) mass is 294 g/mol. The Labute approximate surface area is 125 Å². The summed E-state index contributed by atoms with van der Waals surface area (Å²) >= 11 is 0. The van der Waals surface area contributed by atoms with E-state index in [0.717, 1.165) is 0 Å². The van der Waals surface area contributed by atoms with Gasteiger partial charge in [-0.2, -0.15) is 0 Å². The lowest BCUT2D eigenvalue weighted by Gasteiger charge is -2.03. The number of para-hydroxylation sites is 1. The Morgan fingerprint density at radius 1 is 1.09 bits per heavy atom. The lowest BCUT2D eigenvalue weighted by Crippen LogP contribution is -2.01. The van der Waals surface area contributed by atoms with Crippen LogP contribution in [-0.4, -0.2) is 10.7 Å². The van der Waals surface area contributed by atoms with Crippen LogP contribution in [0.3, 0.4) is 0 Å². The fraction of sp³-hybridized carbons (Fsp3) is 0. The number of carbonyl (C=O) groups excluding carboxylic acids is 1. The molecule has 3 rings (SSSR count). The Kier molecular flexibility index (Phi) is 3.45. The molecule has 0 saturated heterocycles. The molecule has 2 aromatic rings. The highest BCUT2D eigenvalue weighted by Crippen LogP contribution is 2.27. The van der Waals surface area contributed by atoms with Crippen LogP contribution < -0.4 is 5.12 Å². The van der Waals surface area contributed by atoms with Gasteiger partial charge in [-0.05, 0) is 46.4 Å². The molecular weight excluding hydrogens is 284 g/mol. The van der Waals surface area contributed by atoms with E-state index in [0.29, 0.717) is 16.8 Å². The molecule has 22 heavy (non-hydrogen) atoms. The van der Waals surface area contributed by atoms with Crippen molar-refractivity contribution in [1.29, 1.82) is 0 Å². The van der Waals surface area contributed by atoms with Gasteiger partial charge >= 0.3 is 0 Å². The highest BCUT2D eigenvalue weighted by Gasteiger charge is 2.20. The molecule has 0 spiro atoms. The average molecular weight is 294 g/mol. The molecule has 108 valence electrons. The van der Waals surface area contributed by atoms with E-state index in [-0.39, 0.29) is 11.5 Å². The van der Waals surface area contributed by atoms with Gasteiger partial charge in [0.15, 0.2) is 5.78 Å². The molecule has 0 aromatic heterocycles.